The summed E-state index contributed by atoms with van der Waals surface area (Å²) in [6, 6.07) is 4.01. The minimum atomic E-state index is -4.04. The molecule has 18 heavy (non-hydrogen) atoms. The molecule has 0 aliphatic rings. The molecular formula is C13H19F3N2. The maximum absolute atomic E-state index is 12.0. The van der Waals surface area contributed by atoms with Gasteiger partial charge in [0, 0.05) is 24.9 Å². The number of aryl methyl sites for hydroxylation is 1. The van der Waals surface area contributed by atoms with Crippen LogP contribution in [0.15, 0.2) is 24.5 Å². The lowest BCUT2D eigenvalue weighted by atomic mass is 10.0. The third-order valence-corrected chi connectivity index (χ3v) is 2.95. The second kappa shape index (κ2) is 7.36. The Bertz CT molecular complexity index is 325. The van der Waals surface area contributed by atoms with Gasteiger partial charge >= 0.3 is 6.18 Å². The van der Waals surface area contributed by atoms with Gasteiger partial charge in [-0.1, -0.05) is 0 Å². The van der Waals surface area contributed by atoms with Crippen molar-refractivity contribution < 1.29 is 13.2 Å². The molecule has 0 saturated carbocycles. The van der Waals surface area contributed by atoms with Crippen LogP contribution in [0.1, 0.15) is 31.2 Å². The van der Waals surface area contributed by atoms with E-state index < -0.39 is 12.6 Å². The highest BCUT2D eigenvalue weighted by molar-refractivity contribution is 5.09. The number of nitrogens with zero attached hydrogens (tertiary/aromatic N) is 1. The average Bonchev–Trinajstić information content (AvgIpc) is 2.33. The minimum absolute atomic E-state index is 0.139. The molecular weight excluding hydrogens is 241 g/mol. The SMILES string of the molecule is CNC(CCCC(F)(F)F)CCc1ccncc1. The standard InChI is InChI=1S/C13H19F3N2/c1-17-12(3-2-8-13(14,15)16)5-4-11-6-9-18-10-7-11/h6-7,9-10,12,17H,2-5,8H2,1H3. The average molecular weight is 260 g/mol. The number of nitrogens with one attached hydrogen (secondary N) is 1. The number of aromatic nitrogens is 1. The molecule has 1 heterocycles. The van der Waals surface area contributed by atoms with Crippen molar-refractivity contribution in [3.8, 4) is 0 Å². The van der Waals surface area contributed by atoms with Gasteiger partial charge in [-0.05, 0) is 50.4 Å². The van der Waals surface area contributed by atoms with Gasteiger partial charge in [-0.25, -0.2) is 0 Å². The summed E-state index contributed by atoms with van der Waals surface area (Å²) in [6.07, 6.45) is 1.18. The van der Waals surface area contributed by atoms with E-state index in [2.05, 4.69) is 10.3 Å². The van der Waals surface area contributed by atoms with Crippen molar-refractivity contribution in [1.82, 2.24) is 10.3 Å². The van der Waals surface area contributed by atoms with Gasteiger partial charge in [0.2, 0.25) is 0 Å². The maximum Gasteiger partial charge on any atom is 0.389 e. The Kier molecular flexibility index (Phi) is 6.12. The second-order valence-electron chi connectivity index (χ2n) is 4.39. The molecule has 102 valence electrons. The highest BCUT2D eigenvalue weighted by Gasteiger charge is 2.26. The Hall–Kier alpha value is -1.10. The van der Waals surface area contributed by atoms with Crippen LogP contribution >= 0.6 is 0 Å². The molecule has 1 rings (SSSR count). The molecule has 0 spiro atoms. The van der Waals surface area contributed by atoms with Crippen LogP contribution in [0, 0.1) is 0 Å². The zero-order valence-corrected chi connectivity index (χ0v) is 10.5. The smallest absolute Gasteiger partial charge is 0.317 e. The van der Waals surface area contributed by atoms with Crippen molar-refractivity contribution in [1.29, 1.82) is 0 Å². The molecule has 0 radical (unpaired) electrons. The van der Waals surface area contributed by atoms with E-state index in [0.29, 0.717) is 6.42 Å². The van der Waals surface area contributed by atoms with Crippen LogP contribution in [0.2, 0.25) is 0 Å². The Morgan fingerprint density at radius 1 is 1.22 bits per heavy atom. The van der Waals surface area contributed by atoms with Crippen LogP contribution < -0.4 is 5.32 Å². The Labute approximate surface area is 106 Å². The van der Waals surface area contributed by atoms with Gasteiger partial charge in [0.15, 0.2) is 0 Å². The lowest BCUT2D eigenvalue weighted by Crippen LogP contribution is -2.26. The fourth-order valence-corrected chi connectivity index (χ4v) is 1.87. The van der Waals surface area contributed by atoms with Crippen LogP contribution in [-0.2, 0) is 6.42 Å². The first-order chi connectivity index (χ1) is 8.51. The fourth-order valence-electron chi connectivity index (χ4n) is 1.87. The molecule has 1 atom stereocenters. The predicted octanol–water partition coefficient (Wildman–Crippen LogP) is 3.33. The van der Waals surface area contributed by atoms with Gasteiger partial charge in [0.05, 0.1) is 0 Å². The summed E-state index contributed by atoms with van der Waals surface area (Å²) >= 11 is 0. The van der Waals surface area contributed by atoms with E-state index in [1.54, 1.807) is 19.4 Å². The number of hydrogen-bond acceptors (Lipinski definition) is 2. The summed E-state index contributed by atoms with van der Waals surface area (Å²) in [5.74, 6) is 0. The van der Waals surface area contributed by atoms with E-state index in [4.69, 9.17) is 0 Å². The number of alkyl halides is 3. The third kappa shape index (κ3) is 6.59. The molecule has 1 aromatic heterocycles. The van der Waals surface area contributed by atoms with Crippen LogP contribution in [0.25, 0.3) is 0 Å². The first kappa shape index (κ1) is 15.0. The Morgan fingerprint density at radius 3 is 2.44 bits per heavy atom. The van der Waals surface area contributed by atoms with E-state index in [-0.39, 0.29) is 12.5 Å². The monoisotopic (exact) mass is 260 g/mol. The van der Waals surface area contributed by atoms with E-state index >= 15 is 0 Å². The van der Waals surface area contributed by atoms with E-state index in [0.717, 1.165) is 12.8 Å². The van der Waals surface area contributed by atoms with Gasteiger partial charge in [-0.2, -0.15) is 13.2 Å². The van der Waals surface area contributed by atoms with Crippen LogP contribution in [-0.4, -0.2) is 24.2 Å². The molecule has 0 fully saturated rings. The number of rotatable bonds is 7. The molecule has 0 aromatic carbocycles. The molecule has 5 heteroatoms. The van der Waals surface area contributed by atoms with Gasteiger partial charge in [0.1, 0.15) is 0 Å². The van der Waals surface area contributed by atoms with Crippen molar-refractivity contribution in [2.24, 2.45) is 0 Å². The molecule has 2 nitrogen and oxygen atoms in total. The highest BCUT2D eigenvalue weighted by Crippen LogP contribution is 2.23. The van der Waals surface area contributed by atoms with Crippen LogP contribution in [0.4, 0.5) is 13.2 Å². The molecule has 1 aromatic rings. The van der Waals surface area contributed by atoms with Crippen molar-refractivity contribution >= 4 is 0 Å². The van der Waals surface area contributed by atoms with Crippen molar-refractivity contribution in [2.75, 3.05) is 7.05 Å². The highest BCUT2D eigenvalue weighted by atomic mass is 19.4. The summed E-state index contributed by atoms with van der Waals surface area (Å²) < 4.78 is 36.1. The molecule has 0 aliphatic carbocycles. The number of pyridine rings is 1. The predicted molar refractivity (Wildman–Crippen MR) is 65.3 cm³/mol. The van der Waals surface area contributed by atoms with Crippen molar-refractivity contribution in [3.05, 3.63) is 30.1 Å². The summed E-state index contributed by atoms with van der Waals surface area (Å²) in [6.45, 7) is 0. The summed E-state index contributed by atoms with van der Waals surface area (Å²) in [5.41, 5.74) is 1.17. The zero-order chi connectivity index (χ0) is 13.4. The molecule has 0 bridgehead atoms. The number of hydrogen-bond donors (Lipinski definition) is 1. The quantitative estimate of drug-likeness (QED) is 0.813. The first-order valence-corrected chi connectivity index (χ1v) is 6.14. The van der Waals surface area contributed by atoms with Crippen LogP contribution in [0.3, 0.4) is 0 Å². The maximum atomic E-state index is 12.0. The Balaban J connectivity index is 2.25. The molecule has 0 saturated heterocycles. The van der Waals surface area contributed by atoms with Gasteiger partial charge < -0.3 is 5.32 Å². The van der Waals surface area contributed by atoms with E-state index in [9.17, 15) is 13.2 Å². The lowest BCUT2D eigenvalue weighted by Gasteiger charge is -2.16. The zero-order valence-electron chi connectivity index (χ0n) is 10.5. The third-order valence-electron chi connectivity index (χ3n) is 2.95. The summed E-state index contributed by atoms with van der Waals surface area (Å²) in [5, 5.41) is 3.08. The van der Waals surface area contributed by atoms with Crippen molar-refractivity contribution in [2.45, 2.75) is 44.3 Å². The fraction of sp³-hybridized carbons (Fsp3) is 0.615. The first-order valence-electron chi connectivity index (χ1n) is 6.14. The topological polar surface area (TPSA) is 24.9 Å². The lowest BCUT2D eigenvalue weighted by molar-refractivity contribution is -0.135. The summed E-state index contributed by atoms with van der Waals surface area (Å²) in [7, 11) is 1.80. The largest absolute Gasteiger partial charge is 0.389 e. The van der Waals surface area contributed by atoms with E-state index in [1.807, 2.05) is 12.1 Å². The van der Waals surface area contributed by atoms with Crippen molar-refractivity contribution in [3.63, 3.8) is 0 Å². The Morgan fingerprint density at radius 2 is 1.89 bits per heavy atom. The second-order valence-corrected chi connectivity index (χ2v) is 4.39. The van der Waals surface area contributed by atoms with Gasteiger partial charge in [-0.3, -0.25) is 4.98 Å². The molecule has 0 aliphatic heterocycles. The molecule has 1 N–H and O–H groups in total. The normalized spacial score (nSPS) is 13.6. The molecule has 0 amide bonds. The van der Waals surface area contributed by atoms with Gasteiger partial charge in [0.25, 0.3) is 0 Å². The number of halogens is 3. The van der Waals surface area contributed by atoms with Gasteiger partial charge in [-0.15, -0.1) is 0 Å². The van der Waals surface area contributed by atoms with Crippen LogP contribution in [0.5, 0.6) is 0 Å². The summed E-state index contributed by atoms with van der Waals surface area (Å²) in [4.78, 5) is 3.93. The minimum Gasteiger partial charge on any atom is -0.317 e. The van der Waals surface area contributed by atoms with E-state index in [1.165, 1.54) is 5.56 Å². The molecule has 1 unspecified atom stereocenters.